The molecule has 4 aromatic rings. The molecule has 0 bridgehead atoms. The highest BCUT2D eigenvalue weighted by atomic mass is 32.2. The van der Waals surface area contributed by atoms with E-state index >= 15 is 0 Å². The van der Waals surface area contributed by atoms with E-state index in [1.165, 1.54) is 11.8 Å². The quantitative estimate of drug-likeness (QED) is 0.315. The number of pyridine rings is 1. The van der Waals surface area contributed by atoms with Crippen molar-refractivity contribution >= 4 is 17.7 Å². The second-order valence-corrected chi connectivity index (χ2v) is 8.20. The Morgan fingerprint density at radius 2 is 1.76 bits per heavy atom. The van der Waals surface area contributed by atoms with Crippen molar-refractivity contribution < 1.29 is 9.53 Å². The van der Waals surface area contributed by atoms with Gasteiger partial charge in [-0.2, -0.15) is 0 Å². The SMILES string of the molecule is COc1ccc(-n2nnc(C(=O)NCc3ccncc3)c2CSc2nc(C)cc(C)n2)cc1. The van der Waals surface area contributed by atoms with Crippen molar-refractivity contribution in [2.75, 3.05) is 7.11 Å². The van der Waals surface area contributed by atoms with Crippen molar-refractivity contribution in [3.63, 3.8) is 0 Å². The van der Waals surface area contributed by atoms with E-state index in [0.717, 1.165) is 28.4 Å². The second kappa shape index (κ2) is 10.2. The van der Waals surface area contributed by atoms with E-state index in [1.54, 1.807) is 24.2 Å². The van der Waals surface area contributed by atoms with Crippen LogP contribution in [0.3, 0.4) is 0 Å². The molecule has 4 rings (SSSR count). The van der Waals surface area contributed by atoms with Gasteiger partial charge in [-0.3, -0.25) is 9.78 Å². The third-order valence-corrected chi connectivity index (χ3v) is 5.66. The molecule has 168 valence electrons. The number of aromatic nitrogens is 6. The lowest BCUT2D eigenvalue weighted by Crippen LogP contribution is -2.24. The van der Waals surface area contributed by atoms with Gasteiger partial charge in [0.05, 0.1) is 18.5 Å². The Morgan fingerprint density at radius 3 is 2.42 bits per heavy atom. The number of aryl methyl sites for hydroxylation is 2. The van der Waals surface area contributed by atoms with E-state index < -0.39 is 0 Å². The van der Waals surface area contributed by atoms with Gasteiger partial charge >= 0.3 is 0 Å². The third-order valence-electron chi connectivity index (χ3n) is 4.80. The van der Waals surface area contributed by atoms with Gasteiger partial charge in [0.2, 0.25) is 0 Å². The molecule has 0 aliphatic rings. The molecule has 1 aromatic carbocycles. The van der Waals surface area contributed by atoms with Gasteiger partial charge in [0, 0.05) is 36.1 Å². The molecule has 0 aliphatic carbocycles. The van der Waals surface area contributed by atoms with Gasteiger partial charge in [-0.25, -0.2) is 14.6 Å². The molecule has 3 heterocycles. The third kappa shape index (κ3) is 5.53. The fourth-order valence-corrected chi connectivity index (χ4v) is 4.14. The first-order chi connectivity index (χ1) is 16.0. The lowest BCUT2D eigenvalue weighted by Gasteiger charge is -2.09. The van der Waals surface area contributed by atoms with E-state index in [2.05, 4.69) is 30.6 Å². The van der Waals surface area contributed by atoms with Gasteiger partial charge in [-0.05, 0) is 61.9 Å². The normalized spacial score (nSPS) is 10.8. The summed E-state index contributed by atoms with van der Waals surface area (Å²) in [7, 11) is 1.61. The molecule has 0 unspecified atom stereocenters. The lowest BCUT2D eigenvalue weighted by atomic mass is 10.2. The van der Waals surface area contributed by atoms with Gasteiger partial charge in [0.15, 0.2) is 10.9 Å². The number of methoxy groups -OCH3 is 1. The highest BCUT2D eigenvalue weighted by Gasteiger charge is 2.21. The van der Waals surface area contributed by atoms with Gasteiger partial charge in [-0.15, -0.1) is 5.10 Å². The van der Waals surface area contributed by atoms with Gasteiger partial charge < -0.3 is 10.1 Å². The number of thioether (sulfide) groups is 1. The van der Waals surface area contributed by atoms with Crippen LogP contribution in [0.25, 0.3) is 5.69 Å². The highest BCUT2D eigenvalue weighted by Crippen LogP contribution is 2.24. The van der Waals surface area contributed by atoms with Crippen molar-refractivity contribution in [1.82, 2.24) is 35.3 Å². The average Bonchev–Trinajstić information content (AvgIpc) is 3.25. The fourth-order valence-electron chi connectivity index (χ4n) is 3.20. The van der Waals surface area contributed by atoms with Crippen LogP contribution in [0.4, 0.5) is 0 Å². The number of rotatable bonds is 8. The Balaban J connectivity index is 1.62. The molecule has 0 spiro atoms. The van der Waals surface area contributed by atoms with Gasteiger partial charge in [-0.1, -0.05) is 17.0 Å². The van der Waals surface area contributed by atoms with Gasteiger partial charge in [0.25, 0.3) is 5.91 Å². The van der Waals surface area contributed by atoms with E-state index in [9.17, 15) is 4.79 Å². The van der Waals surface area contributed by atoms with Crippen molar-refractivity contribution in [3.8, 4) is 11.4 Å². The number of benzene rings is 1. The number of carbonyl (C=O) groups excluding carboxylic acids is 1. The summed E-state index contributed by atoms with van der Waals surface area (Å²) in [6.45, 7) is 4.23. The standard InChI is InChI=1S/C23H23N7O2S/c1-15-12-16(2)27-23(26-15)33-14-20-21(22(31)25-13-17-8-10-24-11-9-17)28-29-30(20)18-4-6-19(32-3)7-5-18/h4-12H,13-14H2,1-3H3,(H,25,31). The first kappa shape index (κ1) is 22.4. The summed E-state index contributed by atoms with van der Waals surface area (Å²) in [6.07, 6.45) is 3.38. The Labute approximate surface area is 195 Å². The fraction of sp³-hybridized carbons (Fsp3) is 0.217. The minimum absolute atomic E-state index is 0.261. The van der Waals surface area contributed by atoms with Crippen LogP contribution in [0.1, 0.15) is 33.1 Å². The maximum Gasteiger partial charge on any atom is 0.274 e. The number of amides is 1. The Morgan fingerprint density at radius 1 is 1.06 bits per heavy atom. The van der Waals surface area contributed by atoms with Crippen LogP contribution in [-0.4, -0.2) is 43.0 Å². The average molecular weight is 462 g/mol. The molecular formula is C23H23N7O2S. The van der Waals surface area contributed by atoms with E-state index in [4.69, 9.17) is 4.74 Å². The van der Waals surface area contributed by atoms with Gasteiger partial charge in [0.1, 0.15) is 5.75 Å². The molecule has 3 aromatic heterocycles. The van der Waals surface area contributed by atoms with Crippen LogP contribution in [0.5, 0.6) is 5.75 Å². The maximum absolute atomic E-state index is 13.0. The summed E-state index contributed by atoms with van der Waals surface area (Å²) in [4.78, 5) is 26.0. The molecule has 0 atom stereocenters. The van der Waals surface area contributed by atoms with E-state index in [-0.39, 0.29) is 11.6 Å². The molecule has 0 saturated heterocycles. The van der Waals surface area contributed by atoms with Crippen molar-refractivity contribution in [2.45, 2.75) is 31.3 Å². The van der Waals surface area contributed by atoms with Crippen molar-refractivity contribution in [2.24, 2.45) is 0 Å². The van der Waals surface area contributed by atoms with Crippen LogP contribution in [0.15, 0.2) is 60.0 Å². The van der Waals surface area contributed by atoms with Crippen molar-refractivity contribution in [3.05, 3.63) is 83.2 Å². The predicted octanol–water partition coefficient (Wildman–Crippen LogP) is 3.30. The predicted molar refractivity (Wildman–Crippen MR) is 124 cm³/mol. The first-order valence-electron chi connectivity index (χ1n) is 10.2. The minimum atomic E-state index is -0.302. The Bertz CT molecular complexity index is 1220. The van der Waals surface area contributed by atoms with Crippen LogP contribution >= 0.6 is 11.8 Å². The molecule has 1 amide bonds. The molecule has 0 saturated carbocycles. The Kier molecular flexibility index (Phi) is 6.94. The molecule has 10 heteroatoms. The number of carbonyl (C=O) groups is 1. The highest BCUT2D eigenvalue weighted by molar-refractivity contribution is 7.98. The number of nitrogens with zero attached hydrogens (tertiary/aromatic N) is 6. The summed E-state index contributed by atoms with van der Waals surface area (Å²) < 4.78 is 6.91. The summed E-state index contributed by atoms with van der Waals surface area (Å²) in [5.74, 6) is 0.845. The zero-order chi connectivity index (χ0) is 23.2. The van der Waals surface area contributed by atoms with Crippen LogP contribution < -0.4 is 10.1 Å². The zero-order valence-corrected chi connectivity index (χ0v) is 19.3. The maximum atomic E-state index is 13.0. The largest absolute Gasteiger partial charge is 0.497 e. The summed E-state index contributed by atoms with van der Waals surface area (Å²) in [6, 6.07) is 13.0. The number of nitrogens with one attached hydrogen (secondary N) is 1. The topological polar surface area (TPSA) is 108 Å². The molecule has 0 radical (unpaired) electrons. The molecule has 1 N–H and O–H groups in total. The van der Waals surface area contributed by atoms with Crippen molar-refractivity contribution in [1.29, 1.82) is 0 Å². The molecule has 9 nitrogen and oxygen atoms in total. The summed E-state index contributed by atoms with van der Waals surface area (Å²) in [5.41, 5.74) is 4.41. The number of hydrogen-bond acceptors (Lipinski definition) is 8. The second-order valence-electron chi connectivity index (χ2n) is 7.25. The smallest absolute Gasteiger partial charge is 0.274 e. The van der Waals surface area contributed by atoms with Crippen LogP contribution in [0, 0.1) is 13.8 Å². The van der Waals surface area contributed by atoms with Crippen LogP contribution in [0.2, 0.25) is 0 Å². The monoisotopic (exact) mass is 461 g/mol. The lowest BCUT2D eigenvalue weighted by molar-refractivity contribution is 0.0945. The van der Waals surface area contributed by atoms with E-state index in [1.807, 2.05) is 56.3 Å². The number of hydrogen-bond donors (Lipinski definition) is 1. The summed E-state index contributed by atoms with van der Waals surface area (Å²) >= 11 is 1.43. The molecule has 0 fully saturated rings. The first-order valence-corrected chi connectivity index (χ1v) is 11.2. The Hall–Kier alpha value is -3.79. The van der Waals surface area contributed by atoms with Crippen LogP contribution in [-0.2, 0) is 12.3 Å². The zero-order valence-electron chi connectivity index (χ0n) is 18.5. The van der Waals surface area contributed by atoms with E-state index in [0.29, 0.717) is 23.1 Å². The molecule has 0 aliphatic heterocycles. The number of ether oxygens (including phenoxy) is 1. The minimum Gasteiger partial charge on any atom is -0.497 e. The molecular weight excluding hydrogens is 438 g/mol. The molecule has 33 heavy (non-hydrogen) atoms. The summed E-state index contributed by atoms with van der Waals surface area (Å²) in [5, 5.41) is 12.0.